The molecule has 0 atom stereocenters. The molecule has 102 valence electrons. The number of imidazole rings is 1. The lowest BCUT2D eigenvalue weighted by atomic mass is 9.97. The van der Waals surface area contributed by atoms with Gasteiger partial charge in [-0.15, -0.1) is 0 Å². The molecule has 1 N–H and O–H groups in total. The summed E-state index contributed by atoms with van der Waals surface area (Å²) in [7, 11) is 0. The molecule has 5 heteroatoms. The van der Waals surface area contributed by atoms with Crippen LogP contribution in [0.15, 0.2) is 18.3 Å². The molecule has 0 aliphatic carbocycles. The summed E-state index contributed by atoms with van der Waals surface area (Å²) in [6.07, 6.45) is 4.35. The third-order valence-electron chi connectivity index (χ3n) is 4.12. The summed E-state index contributed by atoms with van der Waals surface area (Å²) in [6, 6.07) is 3.98. The SMILES string of the molecule is CCN1CCC(Cn2c(=S)[nH]c3cccnc32)CC1. The molecule has 0 amide bonds. The molecule has 1 aliphatic heterocycles. The van der Waals surface area contributed by atoms with Crippen LogP contribution in [0, 0.1) is 10.7 Å². The Bertz CT molecular complexity index is 607. The molecule has 2 aromatic heterocycles. The Kier molecular flexibility index (Phi) is 3.66. The van der Waals surface area contributed by atoms with Crippen LogP contribution in [0.3, 0.4) is 0 Å². The van der Waals surface area contributed by atoms with Gasteiger partial charge in [-0.05, 0) is 62.7 Å². The van der Waals surface area contributed by atoms with Crippen LogP contribution in [0.5, 0.6) is 0 Å². The monoisotopic (exact) mass is 276 g/mol. The molecule has 19 heavy (non-hydrogen) atoms. The number of nitrogens with zero attached hydrogens (tertiary/aromatic N) is 3. The Morgan fingerprint density at radius 3 is 2.95 bits per heavy atom. The second-order valence-electron chi connectivity index (χ2n) is 5.29. The van der Waals surface area contributed by atoms with Crippen molar-refractivity contribution < 1.29 is 0 Å². The van der Waals surface area contributed by atoms with E-state index in [2.05, 4.69) is 26.4 Å². The van der Waals surface area contributed by atoms with Crippen molar-refractivity contribution in [3.8, 4) is 0 Å². The molecule has 0 spiro atoms. The second-order valence-corrected chi connectivity index (χ2v) is 5.68. The van der Waals surface area contributed by atoms with Gasteiger partial charge in [-0.25, -0.2) is 4.98 Å². The van der Waals surface area contributed by atoms with Gasteiger partial charge in [0.1, 0.15) is 0 Å². The van der Waals surface area contributed by atoms with Crippen LogP contribution in [0.4, 0.5) is 0 Å². The van der Waals surface area contributed by atoms with E-state index in [-0.39, 0.29) is 0 Å². The molecule has 0 radical (unpaired) electrons. The molecule has 3 heterocycles. The van der Waals surface area contributed by atoms with Crippen molar-refractivity contribution in [3.05, 3.63) is 23.1 Å². The normalized spacial score (nSPS) is 18.2. The third kappa shape index (κ3) is 2.58. The number of nitrogens with one attached hydrogen (secondary N) is 1. The number of piperidine rings is 1. The van der Waals surface area contributed by atoms with E-state index in [1.54, 1.807) is 0 Å². The molecule has 0 saturated carbocycles. The van der Waals surface area contributed by atoms with Gasteiger partial charge in [0.2, 0.25) is 0 Å². The fourth-order valence-corrected chi connectivity index (χ4v) is 3.17. The minimum atomic E-state index is 0.718. The lowest BCUT2D eigenvalue weighted by molar-refractivity contribution is 0.181. The average Bonchev–Trinajstić information content (AvgIpc) is 2.76. The molecule has 1 fully saturated rings. The van der Waals surface area contributed by atoms with Crippen LogP contribution < -0.4 is 0 Å². The maximum atomic E-state index is 5.42. The van der Waals surface area contributed by atoms with Gasteiger partial charge in [0, 0.05) is 12.7 Å². The molecule has 0 aromatic carbocycles. The Labute approximate surface area is 118 Å². The van der Waals surface area contributed by atoms with Gasteiger partial charge >= 0.3 is 0 Å². The smallest absolute Gasteiger partial charge is 0.179 e. The topological polar surface area (TPSA) is 36.9 Å². The van der Waals surface area contributed by atoms with Gasteiger partial charge in [-0.2, -0.15) is 0 Å². The molecule has 0 bridgehead atoms. The second kappa shape index (κ2) is 5.43. The number of pyridine rings is 1. The largest absolute Gasteiger partial charge is 0.329 e. The fourth-order valence-electron chi connectivity index (χ4n) is 2.90. The minimum Gasteiger partial charge on any atom is -0.329 e. The van der Waals surface area contributed by atoms with Gasteiger partial charge in [-0.1, -0.05) is 6.92 Å². The number of hydrogen-bond donors (Lipinski definition) is 1. The standard InChI is InChI=1S/C14H20N4S/c1-2-17-8-5-11(6-9-17)10-18-13-12(16-14(18)19)4-3-7-15-13/h3-4,7,11H,2,5-6,8-10H2,1H3,(H,16,19). The first-order chi connectivity index (χ1) is 9.28. The van der Waals surface area contributed by atoms with Crippen molar-refractivity contribution >= 4 is 23.4 Å². The van der Waals surface area contributed by atoms with E-state index >= 15 is 0 Å². The highest BCUT2D eigenvalue weighted by molar-refractivity contribution is 7.71. The van der Waals surface area contributed by atoms with E-state index in [4.69, 9.17) is 12.2 Å². The summed E-state index contributed by atoms with van der Waals surface area (Å²) in [5.41, 5.74) is 2.03. The zero-order valence-corrected chi connectivity index (χ0v) is 12.1. The van der Waals surface area contributed by atoms with Crippen LogP contribution in [-0.2, 0) is 6.54 Å². The highest BCUT2D eigenvalue weighted by Crippen LogP contribution is 2.21. The average molecular weight is 276 g/mol. The van der Waals surface area contributed by atoms with Gasteiger partial charge in [0.05, 0.1) is 5.52 Å². The van der Waals surface area contributed by atoms with Crippen LogP contribution in [0.25, 0.3) is 11.2 Å². The van der Waals surface area contributed by atoms with E-state index in [1.807, 2.05) is 18.3 Å². The molecule has 4 nitrogen and oxygen atoms in total. The van der Waals surface area contributed by atoms with Crippen molar-refractivity contribution in [2.24, 2.45) is 5.92 Å². The molecule has 2 aromatic rings. The lowest BCUT2D eigenvalue weighted by Gasteiger charge is -2.31. The number of likely N-dealkylation sites (tertiary alicyclic amines) is 1. The molecule has 1 saturated heterocycles. The predicted molar refractivity (Wildman–Crippen MR) is 79.8 cm³/mol. The number of H-pyrrole nitrogens is 1. The number of aromatic nitrogens is 3. The van der Waals surface area contributed by atoms with Crippen LogP contribution in [0.1, 0.15) is 19.8 Å². The highest BCUT2D eigenvalue weighted by Gasteiger charge is 2.19. The number of rotatable bonds is 3. The number of hydrogen-bond acceptors (Lipinski definition) is 3. The van der Waals surface area contributed by atoms with Gasteiger partial charge in [-0.3, -0.25) is 0 Å². The summed E-state index contributed by atoms with van der Waals surface area (Å²) in [5.74, 6) is 0.718. The molecular weight excluding hydrogens is 256 g/mol. The van der Waals surface area contributed by atoms with Crippen molar-refractivity contribution in [2.75, 3.05) is 19.6 Å². The first-order valence-electron chi connectivity index (χ1n) is 7.04. The van der Waals surface area contributed by atoms with Crippen molar-refractivity contribution in [3.63, 3.8) is 0 Å². The summed E-state index contributed by atoms with van der Waals surface area (Å²) in [6.45, 7) is 6.82. The van der Waals surface area contributed by atoms with Gasteiger partial charge in [0.25, 0.3) is 0 Å². The van der Waals surface area contributed by atoms with E-state index in [1.165, 1.54) is 32.5 Å². The lowest BCUT2D eigenvalue weighted by Crippen LogP contribution is -2.34. The van der Waals surface area contributed by atoms with Crippen molar-refractivity contribution in [2.45, 2.75) is 26.3 Å². The summed E-state index contributed by atoms with van der Waals surface area (Å²) < 4.78 is 2.96. The zero-order chi connectivity index (χ0) is 13.2. The quantitative estimate of drug-likeness (QED) is 0.876. The first-order valence-corrected chi connectivity index (χ1v) is 7.44. The van der Waals surface area contributed by atoms with E-state index in [9.17, 15) is 0 Å². The zero-order valence-electron chi connectivity index (χ0n) is 11.3. The Morgan fingerprint density at radius 1 is 1.42 bits per heavy atom. The van der Waals surface area contributed by atoms with E-state index in [0.717, 1.165) is 28.4 Å². The van der Waals surface area contributed by atoms with Crippen LogP contribution >= 0.6 is 12.2 Å². The van der Waals surface area contributed by atoms with E-state index < -0.39 is 0 Å². The number of fused-ring (bicyclic) bond motifs is 1. The van der Waals surface area contributed by atoms with Crippen LogP contribution in [0.2, 0.25) is 0 Å². The molecule has 0 unspecified atom stereocenters. The van der Waals surface area contributed by atoms with Crippen LogP contribution in [-0.4, -0.2) is 39.1 Å². The maximum Gasteiger partial charge on any atom is 0.179 e. The van der Waals surface area contributed by atoms with E-state index in [0.29, 0.717) is 0 Å². The maximum absolute atomic E-state index is 5.42. The predicted octanol–water partition coefficient (Wildman–Crippen LogP) is 2.83. The summed E-state index contributed by atoms with van der Waals surface area (Å²) in [5, 5.41) is 0. The number of aromatic amines is 1. The Balaban J connectivity index is 1.79. The molecule has 1 aliphatic rings. The van der Waals surface area contributed by atoms with Gasteiger partial charge < -0.3 is 14.5 Å². The highest BCUT2D eigenvalue weighted by atomic mass is 32.1. The Morgan fingerprint density at radius 2 is 2.21 bits per heavy atom. The molecular formula is C14H20N4S. The summed E-state index contributed by atoms with van der Waals surface area (Å²) in [4.78, 5) is 10.2. The first kappa shape index (κ1) is 12.8. The molecule has 3 rings (SSSR count). The third-order valence-corrected chi connectivity index (χ3v) is 4.45. The minimum absolute atomic E-state index is 0.718. The summed E-state index contributed by atoms with van der Waals surface area (Å²) >= 11 is 5.42. The van der Waals surface area contributed by atoms with Crippen molar-refractivity contribution in [1.82, 2.24) is 19.4 Å². The van der Waals surface area contributed by atoms with Crippen molar-refractivity contribution in [1.29, 1.82) is 0 Å². The fraction of sp³-hybridized carbons (Fsp3) is 0.571. The van der Waals surface area contributed by atoms with Gasteiger partial charge in [0.15, 0.2) is 10.4 Å². The Hall–Kier alpha value is -1.20.